The van der Waals surface area contributed by atoms with Gasteiger partial charge in [-0.3, -0.25) is 9.10 Å². The highest BCUT2D eigenvalue weighted by Gasteiger charge is 2.27. The van der Waals surface area contributed by atoms with E-state index in [-0.39, 0.29) is 23.2 Å². The number of sulfonamides is 1. The number of carbonyl (C=O) groups excluding carboxylic acids is 1. The Morgan fingerprint density at radius 1 is 0.971 bits per heavy atom. The number of rotatable bonds is 11. The first kappa shape index (κ1) is 25.8. The van der Waals surface area contributed by atoms with Gasteiger partial charge in [0.1, 0.15) is 12.4 Å². The predicted molar refractivity (Wildman–Crippen MR) is 137 cm³/mol. The summed E-state index contributed by atoms with van der Waals surface area (Å²) in [5.41, 5.74) is 3.09. The number of nitrogens with zero attached hydrogens (tertiary/aromatic N) is 1. The molecule has 1 amide bonds. The van der Waals surface area contributed by atoms with Crippen LogP contribution in [0.1, 0.15) is 23.1 Å². The second kappa shape index (κ2) is 12.0. The van der Waals surface area contributed by atoms with Gasteiger partial charge >= 0.3 is 0 Å². The van der Waals surface area contributed by atoms with Gasteiger partial charge < -0.3 is 5.32 Å². The summed E-state index contributed by atoms with van der Waals surface area (Å²) in [4.78, 5) is 12.8. The van der Waals surface area contributed by atoms with Crippen LogP contribution in [0.3, 0.4) is 0 Å². The first-order valence-corrected chi connectivity index (χ1v) is 13.6. The van der Waals surface area contributed by atoms with Crippen molar-refractivity contribution in [1.82, 2.24) is 5.32 Å². The number of thioether (sulfide) groups is 1. The van der Waals surface area contributed by atoms with Crippen LogP contribution in [0.15, 0.2) is 77.7 Å². The van der Waals surface area contributed by atoms with Crippen LogP contribution in [0.5, 0.6) is 0 Å². The zero-order valence-corrected chi connectivity index (χ0v) is 21.0. The molecule has 0 aliphatic rings. The maximum atomic E-state index is 13.7. The first-order chi connectivity index (χ1) is 16.3. The SMILES string of the molecule is Cc1ccc(N(CC(=O)NCCCSCc2ccccc2F)S(=O)(=O)c2ccccc2)cc1C. The van der Waals surface area contributed by atoms with Crippen molar-refractivity contribution in [2.75, 3.05) is 23.1 Å². The third-order valence-electron chi connectivity index (χ3n) is 5.40. The number of anilines is 1. The summed E-state index contributed by atoms with van der Waals surface area (Å²) in [5, 5.41) is 2.81. The normalized spacial score (nSPS) is 11.3. The molecule has 8 heteroatoms. The van der Waals surface area contributed by atoms with Crippen molar-refractivity contribution in [1.29, 1.82) is 0 Å². The summed E-state index contributed by atoms with van der Waals surface area (Å²) in [6.45, 7) is 3.95. The van der Waals surface area contributed by atoms with E-state index in [0.29, 0.717) is 30.0 Å². The molecule has 180 valence electrons. The maximum Gasteiger partial charge on any atom is 0.264 e. The second-order valence-electron chi connectivity index (χ2n) is 7.94. The van der Waals surface area contributed by atoms with E-state index < -0.39 is 10.0 Å². The van der Waals surface area contributed by atoms with Gasteiger partial charge in [0.15, 0.2) is 0 Å². The lowest BCUT2D eigenvalue weighted by atomic mass is 10.1. The fraction of sp³-hybridized carbons (Fsp3) is 0.269. The van der Waals surface area contributed by atoms with Crippen molar-refractivity contribution < 1.29 is 17.6 Å². The van der Waals surface area contributed by atoms with E-state index >= 15 is 0 Å². The lowest BCUT2D eigenvalue weighted by molar-refractivity contribution is -0.119. The van der Waals surface area contributed by atoms with Gasteiger partial charge in [-0.15, -0.1) is 0 Å². The second-order valence-corrected chi connectivity index (χ2v) is 10.9. The van der Waals surface area contributed by atoms with Crippen molar-refractivity contribution in [3.63, 3.8) is 0 Å². The van der Waals surface area contributed by atoms with Crippen LogP contribution in [0.25, 0.3) is 0 Å². The maximum absolute atomic E-state index is 13.7. The van der Waals surface area contributed by atoms with E-state index in [1.165, 1.54) is 18.2 Å². The number of amides is 1. The van der Waals surface area contributed by atoms with Crippen LogP contribution < -0.4 is 9.62 Å². The van der Waals surface area contributed by atoms with E-state index in [4.69, 9.17) is 0 Å². The van der Waals surface area contributed by atoms with Gasteiger partial charge in [0.25, 0.3) is 10.0 Å². The van der Waals surface area contributed by atoms with Gasteiger partial charge in [-0.05, 0) is 73.0 Å². The van der Waals surface area contributed by atoms with Crippen LogP contribution in [-0.2, 0) is 20.6 Å². The highest BCUT2D eigenvalue weighted by Crippen LogP contribution is 2.25. The average molecular weight is 501 g/mol. The minimum absolute atomic E-state index is 0.130. The molecule has 0 atom stereocenters. The fourth-order valence-electron chi connectivity index (χ4n) is 3.30. The van der Waals surface area contributed by atoms with E-state index in [9.17, 15) is 17.6 Å². The number of hydrogen-bond acceptors (Lipinski definition) is 4. The lowest BCUT2D eigenvalue weighted by Crippen LogP contribution is -2.41. The van der Waals surface area contributed by atoms with Crippen LogP contribution in [0, 0.1) is 19.7 Å². The van der Waals surface area contributed by atoms with Crippen molar-refractivity contribution in [2.24, 2.45) is 0 Å². The Morgan fingerprint density at radius 3 is 2.38 bits per heavy atom. The van der Waals surface area contributed by atoms with Crippen LogP contribution >= 0.6 is 11.8 Å². The quantitative estimate of drug-likeness (QED) is 0.373. The van der Waals surface area contributed by atoms with Crippen molar-refractivity contribution in [2.45, 2.75) is 30.9 Å². The summed E-state index contributed by atoms with van der Waals surface area (Å²) >= 11 is 1.59. The highest BCUT2D eigenvalue weighted by molar-refractivity contribution is 7.98. The molecule has 1 N–H and O–H groups in total. The Hall–Kier alpha value is -2.84. The molecule has 0 saturated heterocycles. The third kappa shape index (κ3) is 6.84. The molecular weight excluding hydrogens is 471 g/mol. The molecule has 0 bridgehead atoms. The summed E-state index contributed by atoms with van der Waals surface area (Å²) in [6.07, 6.45) is 0.694. The molecule has 3 aromatic carbocycles. The Balaban J connectivity index is 1.60. The van der Waals surface area contributed by atoms with E-state index in [0.717, 1.165) is 21.2 Å². The van der Waals surface area contributed by atoms with Crippen LogP contribution in [-0.4, -0.2) is 33.2 Å². The van der Waals surface area contributed by atoms with E-state index in [1.54, 1.807) is 54.2 Å². The molecule has 0 spiro atoms. The molecular formula is C26H29FN2O3S2. The molecule has 0 radical (unpaired) electrons. The third-order valence-corrected chi connectivity index (χ3v) is 8.28. The molecule has 0 aliphatic carbocycles. The van der Waals surface area contributed by atoms with Crippen molar-refractivity contribution in [3.05, 3.63) is 95.3 Å². The average Bonchev–Trinajstić information content (AvgIpc) is 2.83. The van der Waals surface area contributed by atoms with Crippen LogP contribution in [0.2, 0.25) is 0 Å². The van der Waals surface area contributed by atoms with Gasteiger partial charge in [0, 0.05) is 12.3 Å². The lowest BCUT2D eigenvalue weighted by Gasteiger charge is -2.25. The Labute approximate surface area is 205 Å². The topological polar surface area (TPSA) is 66.5 Å². The zero-order valence-electron chi connectivity index (χ0n) is 19.3. The van der Waals surface area contributed by atoms with Gasteiger partial charge in [-0.1, -0.05) is 42.5 Å². The molecule has 0 saturated carbocycles. The summed E-state index contributed by atoms with van der Waals surface area (Å²) in [7, 11) is -3.92. The molecule has 0 heterocycles. The van der Waals surface area contributed by atoms with Crippen molar-refractivity contribution >= 4 is 33.4 Å². The molecule has 3 aromatic rings. The zero-order chi connectivity index (χ0) is 24.6. The predicted octanol–water partition coefficient (Wildman–Crippen LogP) is 5.08. The molecule has 0 fully saturated rings. The number of nitrogens with one attached hydrogen (secondary N) is 1. The van der Waals surface area contributed by atoms with E-state index in [2.05, 4.69) is 5.32 Å². The van der Waals surface area contributed by atoms with E-state index in [1.807, 2.05) is 26.0 Å². The van der Waals surface area contributed by atoms with Gasteiger partial charge in [0.2, 0.25) is 5.91 Å². The molecule has 34 heavy (non-hydrogen) atoms. The number of carbonyl (C=O) groups is 1. The van der Waals surface area contributed by atoms with Crippen molar-refractivity contribution in [3.8, 4) is 0 Å². The van der Waals surface area contributed by atoms with Gasteiger partial charge in [-0.2, -0.15) is 11.8 Å². The highest BCUT2D eigenvalue weighted by atomic mass is 32.2. The van der Waals surface area contributed by atoms with Gasteiger partial charge in [0.05, 0.1) is 10.6 Å². The first-order valence-electron chi connectivity index (χ1n) is 11.0. The number of halogens is 1. The number of benzene rings is 3. The van der Waals surface area contributed by atoms with Gasteiger partial charge in [-0.25, -0.2) is 12.8 Å². The standard InChI is InChI=1S/C26H29FN2O3S2/c1-20-13-14-23(17-21(20)2)29(34(31,32)24-10-4-3-5-11-24)18-26(30)28-15-8-16-33-19-22-9-6-7-12-25(22)27/h3-7,9-14,17H,8,15-16,18-19H2,1-2H3,(H,28,30). The monoisotopic (exact) mass is 500 g/mol. The number of aryl methyl sites for hydroxylation is 2. The Bertz CT molecular complexity index is 1220. The Kier molecular flexibility index (Phi) is 9.12. The minimum Gasteiger partial charge on any atom is -0.354 e. The summed E-state index contributed by atoms with van der Waals surface area (Å²) in [6, 6.07) is 20.1. The van der Waals surface area contributed by atoms with Crippen LogP contribution in [0.4, 0.5) is 10.1 Å². The summed E-state index contributed by atoms with van der Waals surface area (Å²) in [5.74, 6) is 0.722. The molecule has 0 unspecified atom stereocenters. The summed E-state index contributed by atoms with van der Waals surface area (Å²) < 4.78 is 41.5. The largest absolute Gasteiger partial charge is 0.354 e. The Morgan fingerprint density at radius 2 is 1.68 bits per heavy atom. The smallest absolute Gasteiger partial charge is 0.264 e. The molecule has 0 aliphatic heterocycles. The number of hydrogen-bond donors (Lipinski definition) is 1. The molecule has 0 aromatic heterocycles. The minimum atomic E-state index is -3.92. The molecule has 3 rings (SSSR count). The molecule has 5 nitrogen and oxygen atoms in total. The fourth-order valence-corrected chi connectivity index (χ4v) is 5.68.